The molecule has 0 aromatic rings. The highest BCUT2D eigenvalue weighted by atomic mass is 16.8. The van der Waals surface area contributed by atoms with Crippen LogP contribution in [0.5, 0.6) is 0 Å². The molecule has 4 heterocycles. The second-order valence-corrected chi connectivity index (χ2v) is 12.0. The molecule has 0 radical (unpaired) electrons. The van der Waals surface area contributed by atoms with Gasteiger partial charge in [-0.3, -0.25) is 9.59 Å². The van der Waals surface area contributed by atoms with Crippen LogP contribution in [-0.4, -0.2) is 118 Å². The predicted molar refractivity (Wildman–Crippen MR) is 159 cm³/mol. The summed E-state index contributed by atoms with van der Waals surface area (Å²) in [5.41, 5.74) is 0. The smallest absolute Gasteiger partial charge is 0.306 e. The van der Waals surface area contributed by atoms with E-state index in [1.54, 1.807) is 0 Å². The van der Waals surface area contributed by atoms with Crippen LogP contribution in [0, 0.1) is 0 Å². The molecule has 2 bridgehead atoms. The molecular formula is C32H52O13. The van der Waals surface area contributed by atoms with Gasteiger partial charge in [0.05, 0.1) is 12.7 Å². The molecule has 0 amide bonds. The van der Waals surface area contributed by atoms with Crippen molar-refractivity contribution in [2.24, 2.45) is 0 Å². The van der Waals surface area contributed by atoms with Gasteiger partial charge in [0, 0.05) is 13.3 Å². The lowest BCUT2D eigenvalue weighted by Gasteiger charge is -2.46. The Labute approximate surface area is 265 Å². The normalized spacial score (nSPS) is 40.1. The van der Waals surface area contributed by atoms with Gasteiger partial charge in [0.15, 0.2) is 18.7 Å². The number of hydrogen-bond acceptors (Lipinski definition) is 13. The molecule has 0 saturated carbocycles. The third-order valence-corrected chi connectivity index (χ3v) is 8.18. The van der Waals surface area contributed by atoms with E-state index < -0.39 is 86.6 Å². The average molecular weight is 645 g/mol. The topological polar surface area (TPSA) is 191 Å². The van der Waals surface area contributed by atoms with Crippen molar-refractivity contribution < 1.29 is 63.5 Å². The van der Waals surface area contributed by atoms with Gasteiger partial charge in [0.2, 0.25) is 0 Å². The Morgan fingerprint density at radius 3 is 2.13 bits per heavy atom. The largest absolute Gasteiger partial charge is 0.463 e. The summed E-state index contributed by atoms with van der Waals surface area (Å²) in [5.74, 6) is -1.24. The van der Waals surface area contributed by atoms with Gasteiger partial charge in [-0.15, -0.1) is 0 Å². The lowest BCUT2D eigenvalue weighted by Crippen LogP contribution is -2.65. The van der Waals surface area contributed by atoms with Crippen LogP contribution in [-0.2, 0) is 38.0 Å². The SMILES string of the molecule is CC(=O)OC[C@H]1O[C@H]2O[C@H]3[C@H](OC(C)CCC/C=C\C/C=C\CCCCCCCC(=O)O[C@H]1[C@H](O)[C@H]2O)O[C@H](CO)[C@@H](O)[C@@H]3O. The molecule has 4 aliphatic rings. The van der Waals surface area contributed by atoms with Gasteiger partial charge in [-0.05, 0) is 51.9 Å². The molecule has 13 heteroatoms. The fraction of sp³-hybridized carbons (Fsp3) is 0.812. The molecule has 2 fully saturated rings. The van der Waals surface area contributed by atoms with Crippen molar-refractivity contribution in [1.82, 2.24) is 0 Å². The van der Waals surface area contributed by atoms with Gasteiger partial charge in [-0.1, -0.05) is 43.6 Å². The van der Waals surface area contributed by atoms with E-state index in [4.69, 9.17) is 28.4 Å². The van der Waals surface area contributed by atoms with Crippen molar-refractivity contribution in [3.05, 3.63) is 24.3 Å². The van der Waals surface area contributed by atoms with E-state index in [1.165, 1.54) is 6.92 Å². The molecule has 4 rings (SSSR count). The second-order valence-electron chi connectivity index (χ2n) is 12.0. The molecule has 5 N–H and O–H groups in total. The number of allylic oxidation sites excluding steroid dienone is 4. The van der Waals surface area contributed by atoms with Crippen LogP contribution in [0.4, 0.5) is 0 Å². The van der Waals surface area contributed by atoms with Crippen molar-refractivity contribution in [3.63, 3.8) is 0 Å². The Kier molecular flexibility index (Phi) is 16.4. The van der Waals surface area contributed by atoms with Gasteiger partial charge in [-0.25, -0.2) is 0 Å². The fourth-order valence-electron chi connectivity index (χ4n) is 5.56. The first kappa shape index (κ1) is 37.5. The summed E-state index contributed by atoms with van der Waals surface area (Å²) in [4.78, 5) is 24.3. The Balaban J connectivity index is 1.80. The number of carbonyl (C=O) groups is 2. The lowest BCUT2D eigenvalue weighted by atomic mass is 9.97. The molecule has 0 spiro atoms. The second kappa shape index (κ2) is 19.7. The van der Waals surface area contributed by atoms with Gasteiger partial charge < -0.3 is 54.0 Å². The molecule has 45 heavy (non-hydrogen) atoms. The van der Waals surface area contributed by atoms with Gasteiger partial charge in [-0.2, -0.15) is 0 Å². The van der Waals surface area contributed by atoms with Crippen molar-refractivity contribution in [3.8, 4) is 0 Å². The minimum Gasteiger partial charge on any atom is -0.463 e. The van der Waals surface area contributed by atoms with Crippen molar-refractivity contribution in [2.75, 3.05) is 13.2 Å². The van der Waals surface area contributed by atoms with Crippen LogP contribution in [0.3, 0.4) is 0 Å². The maximum absolute atomic E-state index is 12.7. The lowest BCUT2D eigenvalue weighted by molar-refractivity contribution is -0.371. The van der Waals surface area contributed by atoms with Crippen LogP contribution < -0.4 is 0 Å². The van der Waals surface area contributed by atoms with Gasteiger partial charge in [0.25, 0.3) is 0 Å². The zero-order valence-electron chi connectivity index (χ0n) is 26.4. The molecule has 0 aromatic heterocycles. The Bertz CT molecular complexity index is 942. The number of ether oxygens (including phenoxy) is 6. The van der Waals surface area contributed by atoms with Crippen molar-refractivity contribution in [1.29, 1.82) is 0 Å². The van der Waals surface area contributed by atoms with Gasteiger partial charge in [0.1, 0.15) is 49.3 Å². The van der Waals surface area contributed by atoms with E-state index in [9.17, 15) is 35.1 Å². The minimum atomic E-state index is -1.77. The summed E-state index contributed by atoms with van der Waals surface area (Å²) in [6, 6.07) is 0. The maximum Gasteiger partial charge on any atom is 0.306 e. The summed E-state index contributed by atoms with van der Waals surface area (Å²) in [7, 11) is 0. The quantitative estimate of drug-likeness (QED) is 0.220. The number of fused-ring (bicyclic) bond motifs is 18. The van der Waals surface area contributed by atoms with Crippen LogP contribution >= 0.6 is 0 Å². The number of aliphatic hydroxyl groups is 5. The Hall–Kier alpha value is -1.94. The molecule has 11 atom stereocenters. The summed E-state index contributed by atoms with van der Waals surface area (Å²) in [6.45, 7) is 1.98. The van der Waals surface area contributed by atoms with Crippen molar-refractivity contribution >= 4 is 11.9 Å². The van der Waals surface area contributed by atoms with Crippen LogP contribution in [0.15, 0.2) is 24.3 Å². The first-order valence-corrected chi connectivity index (χ1v) is 16.2. The monoisotopic (exact) mass is 644 g/mol. The van der Waals surface area contributed by atoms with E-state index in [-0.39, 0.29) is 12.5 Å². The highest BCUT2D eigenvalue weighted by Crippen LogP contribution is 2.32. The van der Waals surface area contributed by atoms with Gasteiger partial charge >= 0.3 is 11.9 Å². The summed E-state index contributed by atoms with van der Waals surface area (Å²) in [6.07, 6.45) is 2.12. The first-order valence-electron chi connectivity index (χ1n) is 16.2. The molecule has 0 aromatic carbocycles. The number of carbonyl (C=O) groups excluding carboxylic acids is 2. The molecule has 2 saturated heterocycles. The number of hydrogen-bond donors (Lipinski definition) is 5. The van der Waals surface area contributed by atoms with E-state index >= 15 is 0 Å². The molecule has 4 aliphatic heterocycles. The number of aliphatic hydroxyl groups excluding tert-OH is 5. The maximum atomic E-state index is 12.7. The summed E-state index contributed by atoms with van der Waals surface area (Å²) in [5, 5.41) is 53.2. The van der Waals surface area contributed by atoms with Crippen LogP contribution in [0.25, 0.3) is 0 Å². The molecule has 0 aliphatic carbocycles. The zero-order chi connectivity index (χ0) is 32.8. The van der Waals surface area contributed by atoms with Crippen LogP contribution in [0.2, 0.25) is 0 Å². The third kappa shape index (κ3) is 12.0. The van der Waals surface area contributed by atoms with Crippen molar-refractivity contribution in [2.45, 2.75) is 152 Å². The Morgan fingerprint density at radius 2 is 1.42 bits per heavy atom. The number of esters is 2. The van der Waals surface area contributed by atoms with E-state index in [0.29, 0.717) is 12.8 Å². The minimum absolute atomic E-state index is 0.0957. The standard InChI is InChI=1S/C32H52O13/c1-20-16-14-12-10-8-6-4-3-5-7-9-11-13-15-17-24(35)44-29-23(19-40-21(2)34)43-31(28(39)27(29)38)45-30-26(37)25(36)22(18-33)42-32(30)41-20/h3-4,8,10,20,22-23,25-33,36-39H,5-7,9,11-19H2,1-2H3/b4-3-,10-8-/t20?,22-,23-,25-,26+,27-,28-,29-,30-,31+,32-/m1/s1. The fourth-order valence-corrected chi connectivity index (χ4v) is 5.56. The molecule has 258 valence electrons. The zero-order valence-corrected chi connectivity index (χ0v) is 26.4. The molecular weight excluding hydrogens is 592 g/mol. The van der Waals surface area contributed by atoms with E-state index in [0.717, 1.165) is 51.4 Å². The summed E-state index contributed by atoms with van der Waals surface area (Å²) >= 11 is 0. The Morgan fingerprint density at radius 1 is 0.778 bits per heavy atom. The van der Waals surface area contributed by atoms with E-state index in [1.807, 2.05) is 6.92 Å². The average Bonchev–Trinajstić information content (AvgIpc) is 3.00. The van der Waals surface area contributed by atoms with E-state index in [2.05, 4.69) is 24.3 Å². The predicted octanol–water partition coefficient (Wildman–Crippen LogP) is 1.55. The molecule has 13 nitrogen and oxygen atoms in total. The third-order valence-electron chi connectivity index (χ3n) is 8.18. The molecule has 1 unspecified atom stereocenters. The highest BCUT2D eigenvalue weighted by Gasteiger charge is 2.52. The first-order chi connectivity index (χ1) is 21.6. The summed E-state index contributed by atoms with van der Waals surface area (Å²) < 4.78 is 34.1. The van der Waals surface area contributed by atoms with Crippen LogP contribution in [0.1, 0.15) is 84.5 Å². The highest BCUT2D eigenvalue weighted by molar-refractivity contribution is 5.69. The number of rotatable bonds is 3.